The summed E-state index contributed by atoms with van der Waals surface area (Å²) in [6.45, 7) is 4.24. The van der Waals surface area contributed by atoms with Gasteiger partial charge < -0.3 is 10.2 Å². The Morgan fingerprint density at radius 2 is 1.82 bits per heavy atom. The van der Waals surface area contributed by atoms with Crippen LogP contribution in [0.3, 0.4) is 0 Å². The maximum absolute atomic E-state index is 4.52. The molecule has 2 heterocycles. The summed E-state index contributed by atoms with van der Waals surface area (Å²) in [5, 5.41) is 12.3. The number of nitrogens with one attached hydrogen (secondary N) is 2. The van der Waals surface area contributed by atoms with Crippen molar-refractivity contribution >= 4 is 16.6 Å². The third kappa shape index (κ3) is 2.57. The lowest BCUT2D eigenvalue weighted by Gasteiger charge is -2.29. The quantitative estimate of drug-likeness (QED) is 0.780. The van der Waals surface area contributed by atoms with Crippen molar-refractivity contribution in [3.63, 3.8) is 0 Å². The Morgan fingerprint density at radius 3 is 2.64 bits per heavy atom. The van der Waals surface area contributed by atoms with E-state index >= 15 is 0 Å². The van der Waals surface area contributed by atoms with Crippen LogP contribution in [0.5, 0.6) is 0 Å². The summed E-state index contributed by atoms with van der Waals surface area (Å²) in [7, 11) is 0. The molecule has 0 spiro atoms. The fourth-order valence-electron chi connectivity index (χ4n) is 3.11. The molecule has 0 saturated carbocycles. The molecule has 22 heavy (non-hydrogen) atoms. The average Bonchev–Trinajstić information content (AvgIpc) is 2.99. The highest BCUT2D eigenvalue weighted by Gasteiger charge is 2.13. The van der Waals surface area contributed by atoms with Crippen molar-refractivity contribution in [2.24, 2.45) is 0 Å². The minimum Gasteiger partial charge on any atom is -0.369 e. The van der Waals surface area contributed by atoms with Crippen LogP contribution >= 0.6 is 0 Å². The molecule has 1 aliphatic rings. The fourth-order valence-corrected chi connectivity index (χ4v) is 3.11. The highest BCUT2D eigenvalue weighted by atomic mass is 15.2. The van der Waals surface area contributed by atoms with Crippen molar-refractivity contribution in [1.82, 2.24) is 15.5 Å². The number of hydrogen-bond acceptors (Lipinski definition) is 3. The van der Waals surface area contributed by atoms with Gasteiger partial charge in [0.05, 0.1) is 11.2 Å². The summed E-state index contributed by atoms with van der Waals surface area (Å²) >= 11 is 0. The third-order valence-corrected chi connectivity index (χ3v) is 4.32. The smallest absolute Gasteiger partial charge is 0.0744 e. The van der Waals surface area contributed by atoms with Gasteiger partial charge in [-0.1, -0.05) is 30.3 Å². The Kier molecular flexibility index (Phi) is 3.52. The van der Waals surface area contributed by atoms with E-state index in [4.69, 9.17) is 0 Å². The Balaban J connectivity index is 1.62. The molecule has 4 heteroatoms. The van der Waals surface area contributed by atoms with E-state index in [9.17, 15) is 0 Å². The second-order valence-corrected chi connectivity index (χ2v) is 5.80. The van der Waals surface area contributed by atoms with Crippen LogP contribution in [0.15, 0.2) is 48.5 Å². The van der Waals surface area contributed by atoms with E-state index in [0.717, 1.165) is 43.8 Å². The molecule has 3 aromatic rings. The van der Waals surface area contributed by atoms with Gasteiger partial charge in [-0.05, 0) is 23.8 Å². The molecule has 0 bridgehead atoms. The van der Waals surface area contributed by atoms with Crippen molar-refractivity contribution < 1.29 is 0 Å². The van der Waals surface area contributed by atoms with Crippen LogP contribution in [0.4, 0.5) is 5.69 Å². The molecule has 1 aromatic heterocycles. The average molecular weight is 292 g/mol. The van der Waals surface area contributed by atoms with Crippen LogP contribution < -0.4 is 10.2 Å². The van der Waals surface area contributed by atoms with E-state index in [2.05, 4.69) is 62.9 Å². The normalized spacial score (nSPS) is 15.4. The molecular formula is C18H20N4. The van der Waals surface area contributed by atoms with Crippen LogP contribution in [0.1, 0.15) is 11.3 Å². The number of fused-ring (bicyclic) bond motifs is 1. The monoisotopic (exact) mass is 292 g/mol. The van der Waals surface area contributed by atoms with Crippen molar-refractivity contribution in [2.75, 3.05) is 31.1 Å². The van der Waals surface area contributed by atoms with Gasteiger partial charge in [0.15, 0.2) is 0 Å². The summed E-state index contributed by atoms with van der Waals surface area (Å²) in [4.78, 5) is 2.42. The second-order valence-electron chi connectivity index (χ2n) is 5.80. The molecule has 2 aromatic carbocycles. The maximum Gasteiger partial charge on any atom is 0.0744 e. The highest BCUT2D eigenvalue weighted by Crippen LogP contribution is 2.24. The Hall–Kier alpha value is -2.33. The first-order valence-electron chi connectivity index (χ1n) is 7.87. The van der Waals surface area contributed by atoms with Crippen molar-refractivity contribution in [3.05, 3.63) is 59.8 Å². The van der Waals surface area contributed by atoms with Gasteiger partial charge in [0, 0.05) is 43.7 Å². The second kappa shape index (κ2) is 5.81. The molecule has 2 N–H and O–H groups in total. The minimum absolute atomic E-state index is 0.869. The lowest BCUT2D eigenvalue weighted by Crippen LogP contribution is -2.43. The zero-order valence-corrected chi connectivity index (χ0v) is 12.5. The zero-order valence-electron chi connectivity index (χ0n) is 12.5. The van der Waals surface area contributed by atoms with E-state index in [0.29, 0.717) is 0 Å². The number of rotatable bonds is 3. The number of aromatic nitrogens is 2. The summed E-state index contributed by atoms with van der Waals surface area (Å²) in [6, 6.07) is 17.1. The van der Waals surface area contributed by atoms with E-state index < -0.39 is 0 Å². The van der Waals surface area contributed by atoms with Gasteiger partial charge in [-0.2, -0.15) is 5.10 Å². The Labute approximate surface area is 130 Å². The van der Waals surface area contributed by atoms with E-state index in [1.807, 2.05) is 6.07 Å². The van der Waals surface area contributed by atoms with Crippen LogP contribution in [-0.4, -0.2) is 36.4 Å². The molecule has 1 saturated heterocycles. The molecule has 1 aliphatic heterocycles. The topological polar surface area (TPSA) is 44.0 Å². The highest BCUT2D eigenvalue weighted by molar-refractivity contribution is 5.85. The van der Waals surface area contributed by atoms with Gasteiger partial charge in [-0.3, -0.25) is 5.10 Å². The number of hydrogen-bond donors (Lipinski definition) is 2. The number of H-pyrrole nitrogens is 1. The first-order chi connectivity index (χ1) is 10.9. The molecule has 1 fully saturated rings. The van der Waals surface area contributed by atoms with Gasteiger partial charge in [0.1, 0.15) is 0 Å². The SMILES string of the molecule is c1ccc(Cc2n[nH]c3cc(N4CCNCC4)ccc23)cc1. The molecule has 4 rings (SSSR count). The molecule has 0 radical (unpaired) electrons. The number of anilines is 1. The molecule has 112 valence electrons. The molecule has 0 amide bonds. The summed E-state index contributed by atoms with van der Waals surface area (Å²) in [6.07, 6.45) is 0.869. The number of aromatic amines is 1. The number of benzene rings is 2. The molecule has 0 unspecified atom stereocenters. The maximum atomic E-state index is 4.52. The molecule has 0 atom stereocenters. The van der Waals surface area contributed by atoms with Crippen LogP contribution in [0.25, 0.3) is 10.9 Å². The summed E-state index contributed by atoms with van der Waals surface area (Å²) < 4.78 is 0. The lowest BCUT2D eigenvalue weighted by molar-refractivity contribution is 0.589. The van der Waals surface area contributed by atoms with Gasteiger partial charge in [0.25, 0.3) is 0 Å². The third-order valence-electron chi connectivity index (χ3n) is 4.32. The van der Waals surface area contributed by atoms with Gasteiger partial charge in [-0.25, -0.2) is 0 Å². The first kappa shape index (κ1) is 13.3. The lowest BCUT2D eigenvalue weighted by atomic mass is 10.1. The van der Waals surface area contributed by atoms with Gasteiger partial charge >= 0.3 is 0 Å². The predicted octanol–water partition coefficient (Wildman–Crippen LogP) is 2.56. The first-order valence-corrected chi connectivity index (χ1v) is 7.87. The molecule has 4 nitrogen and oxygen atoms in total. The van der Waals surface area contributed by atoms with Crippen molar-refractivity contribution in [1.29, 1.82) is 0 Å². The van der Waals surface area contributed by atoms with Gasteiger partial charge in [-0.15, -0.1) is 0 Å². The van der Waals surface area contributed by atoms with Crippen LogP contribution in [0, 0.1) is 0 Å². The largest absolute Gasteiger partial charge is 0.369 e. The van der Waals surface area contributed by atoms with Gasteiger partial charge in [0.2, 0.25) is 0 Å². The Morgan fingerprint density at radius 1 is 1.00 bits per heavy atom. The van der Waals surface area contributed by atoms with Crippen molar-refractivity contribution in [3.8, 4) is 0 Å². The minimum atomic E-state index is 0.869. The fraction of sp³-hybridized carbons (Fsp3) is 0.278. The molecular weight excluding hydrogens is 272 g/mol. The molecule has 0 aliphatic carbocycles. The van der Waals surface area contributed by atoms with Crippen molar-refractivity contribution in [2.45, 2.75) is 6.42 Å². The zero-order chi connectivity index (χ0) is 14.8. The van der Waals surface area contributed by atoms with E-state index in [1.165, 1.54) is 16.6 Å². The number of nitrogens with zero attached hydrogens (tertiary/aromatic N) is 2. The number of piperazine rings is 1. The predicted molar refractivity (Wildman–Crippen MR) is 90.4 cm³/mol. The van der Waals surface area contributed by atoms with Crippen LogP contribution in [0.2, 0.25) is 0 Å². The summed E-state index contributed by atoms with van der Waals surface area (Å²) in [5.74, 6) is 0. The van der Waals surface area contributed by atoms with E-state index in [1.54, 1.807) is 0 Å². The standard InChI is InChI=1S/C18H20N4/c1-2-4-14(5-3-1)12-17-16-7-6-15(13-18(16)21-20-17)22-10-8-19-9-11-22/h1-7,13,19H,8-12H2,(H,20,21). The Bertz CT molecular complexity index is 757. The summed E-state index contributed by atoms with van der Waals surface area (Å²) in [5.41, 5.74) is 4.82. The van der Waals surface area contributed by atoms with E-state index in [-0.39, 0.29) is 0 Å². The van der Waals surface area contributed by atoms with Crippen LogP contribution in [-0.2, 0) is 6.42 Å².